The zero-order chi connectivity index (χ0) is 10.8. The highest BCUT2D eigenvalue weighted by atomic mass is 14.9. The van der Waals surface area contributed by atoms with Gasteiger partial charge in [-0.25, -0.2) is 0 Å². The highest BCUT2D eigenvalue weighted by molar-refractivity contribution is 5.82. The molecule has 1 aromatic carbocycles. The molecule has 0 saturated carbocycles. The largest absolute Gasteiger partial charge is 0.361 e. The van der Waals surface area contributed by atoms with Crippen LogP contribution in [0.3, 0.4) is 0 Å². The lowest BCUT2D eigenvalue weighted by molar-refractivity contribution is 0.400. The van der Waals surface area contributed by atoms with Crippen LogP contribution in [0.15, 0.2) is 30.5 Å². The van der Waals surface area contributed by atoms with Crippen LogP contribution in [0.2, 0.25) is 0 Å². The van der Waals surface area contributed by atoms with Gasteiger partial charge in [-0.05, 0) is 43.5 Å². The Bertz CT molecular complexity index is 466. The zero-order valence-corrected chi connectivity index (χ0v) is 9.50. The Balaban J connectivity index is 1.85. The molecule has 1 fully saturated rings. The van der Waals surface area contributed by atoms with Crippen molar-refractivity contribution in [3.63, 3.8) is 0 Å². The molecule has 1 aromatic heterocycles. The Morgan fingerprint density at radius 3 is 3.06 bits per heavy atom. The van der Waals surface area contributed by atoms with Crippen molar-refractivity contribution in [2.24, 2.45) is 0 Å². The number of aromatic amines is 1. The van der Waals surface area contributed by atoms with E-state index in [2.05, 4.69) is 34.6 Å². The van der Waals surface area contributed by atoms with E-state index >= 15 is 0 Å². The molecule has 2 N–H and O–H groups in total. The van der Waals surface area contributed by atoms with Gasteiger partial charge in [-0.15, -0.1) is 0 Å². The molecule has 1 aliphatic rings. The van der Waals surface area contributed by atoms with Crippen LogP contribution in [-0.2, 0) is 6.42 Å². The Hall–Kier alpha value is -1.28. The summed E-state index contributed by atoms with van der Waals surface area (Å²) in [5.74, 6) is 0. The third-order valence-electron chi connectivity index (χ3n) is 3.56. The van der Waals surface area contributed by atoms with Crippen molar-refractivity contribution >= 4 is 10.9 Å². The van der Waals surface area contributed by atoms with Crippen LogP contribution >= 0.6 is 0 Å². The third kappa shape index (κ3) is 1.85. The standard InChI is InChI=1S/C14H18N2/c1-2-8-15-12(5-1)10-11-4-3-6-14-13(11)7-9-16-14/h3-4,6-7,9,12,15-16H,1-2,5,8,10H2. The number of hydrogen-bond donors (Lipinski definition) is 2. The summed E-state index contributed by atoms with van der Waals surface area (Å²) in [5.41, 5.74) is 2.73. The zero-order valence-electron chi connectivity index (χ0n) is 9.50. The SMILES string of the molecule is c1cc(CC2CCCCN2)c2cc[nH]c2c1. The van der Waals surface area contributed by atoms with Crippen molar-refractivity contribution in [3.05, 3.63) is 36.0 Å². The van der Waals surface area contributed by atoms with Crippen LogP contribution in [0.25, 0.3) is 10.9 Å². The van der Waals surface area contributed by atoms with Crippen molar-refractivity contribution in [2.75, 3.05) is 6.54 Å². The quantitative estimate of drug-likeness (QED) is 0.790. The van der Waals surface area contributed by atoms with E-state index in [1.54, 1.807) is 0 Å². The number of nitrogens with one attached hydrogen (secondary N) is 2. The molecular weight excluding hydrogens is 196 g/mol. The first-order chi connectivity index (χ1) is 7.93. The summed E-state index contributed by atoms with van der Waals surface area (Å²) in [6, 6.07) is 9.42. The van der Waals surface area contributed by atoms with Gasteiger partial charge in [0.2, 0.25) is 0 Å². The van der Waals surface area contributed by atoms with Crippen LogP contribution in [0.1, 0.15) is 24.8 Å². The van der Waals surface area contributed by atoms with Gasteiger partial charge in [0.15, 0.2) is 0 Å². The minimum atomic E-state index is 0.675. The number of piperidine rings is 1. The smallest absolute Gasteiger partial charge is 0.0456 e. The van der Waals surface area contributed by atoms with Crippen LogP contribution in [0.4, 0.5) is 0 Å². The molecule has 0 amide bonds. The number of H-pyrrole nitrogens is 1. The first-order valence-electron chi connectivity index (χ1n) is 6.22. The minimum absolute atomic E-state index is 0.675. The van der Waals surface area contributed by atoms with E-state index in [9.17, 15) is 0 Å². The van der Waals surface area contributed by atoms with Gasteiger partial charge in [-0.3, -0.25) is 0 Å². The van der Waals surface area contributed by atoms with Crippen LogP contribution in [0, 0.1) is 0 Å². The highest BCUT2D eigenvalue weighted by Crippen LogP contribution is 2.20. The van der Waals surface area contributed by atoms with Gasteiger partial charge in [0, 0.05) is 23.1 Å². The maximum atomic E-state index is 3.61. The fraction of sp³-hybridized carbons (Fsp3) is 0.429. The molecule has 2 heterocycles. The molecule has 1 aliphatic heterocycles. The van der Waals surface area contributed by atoms with Crippen LogP contribution in [-0.4, -0.2) is 17.6 Å². The minimum Gasteiger partial charge on any atom is -0.361 e. The second-order valence-electron chi connectivity index (χ2n) is 4.71. The Morgan fingerprint density at radius 1 is 1.19 bits per heavy atom. The third-order valence-corrected chi connectivity index (χ3v) is 3.56. The fourth-order valence-corrected chi connectivity index (χ4v) is 2.69. The van der Waals surface area contributed by atoms with Crippen molar-refractivity contribution in [1.29, 1.82) is 0 Å². The maximum absolute atomic E-state index is 3.61. The van der Waals surface area contributed by atoms with E-state index in [0.29, 0.717) is 6.04 Å². The number of fused-ring (bicyclic) bond motifs is 1. The van der Waals surface area contributed by atoms with Crippen LogP contribution < -0.4 is 5.32 Å². The fourth-order valence-electron chi connectivity index (χ4n) is 2.69. The predicted octanol–water partition coefficient (Wildman–Crippen LogP) is 2.85. The van der Waals surface area contributed by atoms with E-state index in [4.69, 9.17) is 0 Å². The van der Waals surface area contributed by atoms with Crippen molar-refractivity contribution in [2.45, 2.75) is 31.7 Å². The molecule has 2 aromatic rings. The summed E-state index contributed by atoms with van der Waals surface area (Å²) in [5, 5.41) is 5.00. The summed E-state index contributed by atoms with van der Waals surface area (Å²) in [6.07, 6.45) is 7.23. The van der Waals surface area contributed by atoms with E-state index in [1.807, 2.05) is 6.20 Å². The van der Waals surface area contributed by atoms with E-state index in [-0.39, 0.29) is 0 Å². The summed E-state index contributed by atoms with van der Waals surface area (Å²) in [7, 11) is 0. The lowest BCUT2D eigenvalue weighted by Gasteiger charge is -2.23. The molecule has 0 bridgehead atoms. The summed E-state index contributed by atoms with van der Waals surface area (Å²) < 4.78 is 0. The molecule has 2 heteroatoms. The summed E-state index contributed by atoms with van der Waals surface area (Å²) >= 11 is 0. The number of benzene rings is 1. The molecule has 0 aliphatic carbocycles. The summed E-state index contributed by atoms with van der Waals surface area (Å²) in [6.45, 7) is 1.19. The molecule has 0 spiro atoms. The van der Waals surface area contributed by atoms with Crippen molar-refractivity contribution in [3.8, 4) is 0 Å². The molecule has 84 valence electrons. The molecule has 1 unspecified atom stereocenters. The highest BCUT2D eigenvalue weighted by Gasteiger charge is 2.14. The number of rotatable bonds is 2. The average molecular weight is 214 g/mol. The predicted molar refractivity (Wildman–Crippen MR) is 67.6 cm³/mol. The molecular formula is C14H18N2. The topological polar surface area (TPSA) is 27.8 Å². The molecule has 3 rings (SSSR count). The molecule has 1 saturated heterocycles. The Kier molecular flexibility index (Phi) is 2.66. The van der Waals surface area contributed by atoms with Gasteiger partial charge < -0.3 is 10.3 Å². The monoisotopic (exact) mass is 214 g/mol. The lowest BCUT2D eigenvalue weighted by atomic mass is 9.96. The first kappa shape index (κ1) is 9.91. The van der Waals surface area contributed by atoms with Crippen molar-refractivity contribution in [1.82, 2.24) is 10.3 Å². The van der Waals surface area contributed by atoms with E-state index in [1.165, 1.54) is 42.3 Å². The second kappa shape index (κ2) is 4.30. The lowest BCUT2D eigenvalue weighted by Crippen LogP contribution is -2.35. The average Bonchev–Trinajstić information content (AvgIpc) is 2.80. The maximum Gasteiger partial charge on any atom is 0.0456 e. The van der Waals surface area contributed by atoms with Gasteiger partial charge in [-0.1, -0.05) is 18.6 Å². The molecule has 16 heavy (non-hydrogen) atoms. The van der Waals surface area contributed by atoms with Crippen molar-refractivity contribution < 1.29 is 0 Å². The Labute approximate surface area is 96.1 Å². The Morgan fingerprint density at radius 2 is 2.19 bits per heavy atom. The van der Waals surface area contributed by atoms with E-state index in [0.717, 1.165) is 6.42 Å². The van der Waals surface area contributed by atoms with Gasteiger partial charge in [0.25, 0.3) is 0 Å². The van der Waals surface area contributed by atoms with Gasteiger partial charge >= 0.3 is 0 Å². The number of hydrogen-bond acceptors (Lipinski definition) is 1. The first-order valence-corrected chi connectivity index (χ1v) is 6.22. The van der Waals surface area contributed by atoms with Gasteiger partial charge in [-0.2, -0.15) is 0 Å². The normalized spacial score (nSPS) is 21.4. The van der Waals surface area contributed by atoms with E-state index < -0.39 is 0 Å². The summed E-state index contributed by atoms with van der Waals surface area (Å²) in [4.78, 5) is 3.28. The van der Waals surface area contributed by atoms with Gasteiger partial charge in [0.1, 0.15) is 0 Å². The molecule has 2 nitrogen and oxygen atoms in total. The molecule has 0 radical (unpaired) electrons. The van der Waals surface area contributed by atoms with Crippen LogP contribution in [0.5, 0.6) is 0 Å². The second-order valence-corrected chi connectivity index (χ2v) is 4.71. The number of aromatic nitrogens is 1. The molecule has 1 atom stereocenters. The van der Waals surface area contributed by atoms with Gasteiger partial charge in [0.05, 0.1) is 0 Å².